The quantitative estimate of drug-likeness (QED) is 0.686. The number of ether oxygens (including phenoxy) is 1. The molecule has 2 aliphatic rings. The Balaban J connectivity index is 1.22. The Morgan fingerprint density at radius 2 is 1.74 bits per heavy atom. The molecule has 0 unspecified atom stereocenters. The highest BCUT2D eigenvalue weighted by Gasteiger charge is 2.30. The van der Waals surface area contributed by atoms with Crippen molar-refractivity contribution in [2.75, 3.05) is 36.9 Å². The number of carbonyl (C=O) groups excluding carboxylic acids is 2. The van der Waals surface area contributed by atoms with Crippen LogP contribution in [0.25, 0.3) is 10.8 Å². The van der Waals surface area contributed by atoms with Crippen molar-refractivity contribution in [1.29, 1.82) is 0 Å². The van der Waals surface area contributed by atoms with Gasteiger partial charge in [0.05, 0.1) is 5.69 Å². The summed E-state index contributed by atoms with van der Waals surface area (Å²) < 4.78 is 6.06. The highest BCUT2D eigenvalue weighted by Crippen LogP contribution is 2.37. The molecule has 31 heavy (non-hydrogen) atoms. The van der Waals surface area contributed by atoms with Crippen molar-refractivity contribution in [3.8, 4) is 5.75 Å². The lowest BCUT2D eigenvalue weighted by Gasteiger charge is -2.29. The number of benzene rings is 3. The monoisotopic (exact) mass is 415 g/mol. The summed E-state index contributed by atoms with van der Waals surface area (Å²) in [6, 6.07) is 18.9. The second-order valence-corrected chi connectivity index (χ2v) is 8.27. The Morgan fingerprint density at radius 1 is 1.03 bits per heavy atom. The lowest BCUT2D eigenvalue weighted by molar-refractivity contribution is -0.114. The number of anilines is 2. The van der Waals surface area contributed by atoms with Crippen LogP contribution in [0.4, 0.5) is 11.4 Å². The van der Waals surface area contributed by atoms with Gasteiger partial charge in [0.2, 0.25) is 5.91 Å². The molecule has 0 saturated carbocycles. The summed E-state index contributed by atoms with van der Waals surface area (Å²) in [5.74, 6) is 0.440. The van der Waals surface area contributed by atoms with Gasteiger partial charge in [0.25, 0.3) is 5.91 Å². The number of piperidine rings is 1. The van der Waals surface area contributed by atoms with E-state index in [1.807, 2.05) is 60.7 Å². The van der Waals surface area contributed by atoms with Crippen molar-refractivity contribution in [3.05, 3.63) is 66.2 Å². The molecule has 5 rings (SSSR count). The fourth-order valence-electron chi connectivity index (χ4n) is 4.39. The van der Waals surface area contributed by atoms with E-state index in [0.717, 1.165) is 48.1 Å². The Kier molecular flexibility index (Phi) is 5.08. The molecule has 1 N–H and O–H groups in total. The van der Waals surface area contributed by atoms with Crippen LogP contribution in [0.2, 0.25) is 0 Å². The number of nitrogens with zero attached hydrogens (tertiary/aromatic N) is 2. The molecule has 1 saturated heterocycles. The van der Waals surface area contributed by atoms with Crippen molar-refractivity contribution in [2.45, 2.75) is 18.9 Å². The van der Waals surface area contributed by atoms with Gasteiger partial charge < -0.3 is 15.0 Å². The van der Waals surface area contributed by atoms with E-state index in [1.54, 1.807) is 4.90 Å². The van der Waals surface area contributed by atoms with E-state index in [1.165, 1.54) is 0 Å². The maximum absolute atomic E-state index is 12.8. The largest absolute Gasteiger partial charge is 0.490 e. The molecular weight excluding hydrogens is 390 g/mol. The molecule has 6 nitrogen and oxygen atoms in total. The second kappa shape index (κ2) is 8.04. The highest BCUT2D eigenvalue weighted by atomic mass is 16.5. The molecule has 2 heterocycles. The fraction of sp³-hybridized carbons (Fsp3) is 0.280. The van der Waals surface area contributed by atoms with Gasteiger partial charge in [-0.1, -0.05) is 24.3 Å². The van der Waals surface area contributed by atoms with E-state index in [9.17, 15) is 9.59 Å². The molecule has 0 aliphatic carbocycles. The molecule has 3 aromatic rings. The van der Waals surface area contributed by atoms with Crippen LogP contribution in [-0.4, -0.2) is 49.5 Å². The SMILES string of the molecule is CN1CCC(Oc2ccc(NC(=O)CN3C(=O)c4cccc5cccc3c45)cc2)CC1. The first-order chi connectivity index (χ1) is 15.1. The number of rotatable bonds is 5. The van der Waals surface area contributed by atoms with Crippen LogP contribution in [0, 0.1) is 0 Å². The van der Waals surface area contributed by atoms with Gasteiger partial charge in [0.1, 0.15) is 18.4 Å². The van der Waals surface area contributed by atoms with Gasteiger partial charge in [-0.05, 0) is 61.7 Å². The topological polar surface area (TPSA) is 61.9 Å². The first-order valence-corrected chi connectivity index (χ1v) is 10.7. The second-order valence-electron chi connectivity index (χ2n) is 8.27. The van der Waals surface area contributed by atoms with Crippen LogP contribution in [0.15, 0.2) is 60.7 Å². The van der Waals surface area contributed by atoms with Gasteiger partial charge in [-0.2, -0.15) is 0 Å². The van der Waals surface area contributed by atoms with Crippen LogP contribution >= 0.6 is 0 Å². The van der Waals surface area contributed by atoms with Crippen molar-refractivity contribution in [3.63, 3.8) is 0 Å². The minimum atomic E-state index is -0.234. The average Bonchev–Trinajstić information content (AvgIpc) is 3.05. The molecule has 0 bridgehead atoms. The smallest absolute Gasteiger partial charge is 0.259 e. The maximum Gasteiger partial charge on any atom is 0.259 e. The van der Waals surface area contributed by atoms with E-state index in [0.29, 0.717) is 11.3 Å². The van der Waals surface area contributed by atoms with Crippen molar-refractivity contribution < 1.29 is 14.3 Å². The Labute approximate surface area is 181 Å². The molecule has 6 heteroatoms. The zero-order valence-corrected chi connectivity index (χ0v) is 17.5. The maximum atomic E-state index is 12.8. The zero-order valence-electron chi connectivity index (χ0n) is 17.5. The van der Waals surface area contributed by atoms with Crippen LogP contribution in [0.3, 0.4) is 0 Å². The summed E-state index contributed by atoms with van der Waals surface area (Å²) in [7, 11) is 2.13. The third-order valence-electron chi connectivity index (χ3n) is 6.06. The molecule has 2 amide bonds. The molecular formula is C25H25N3O3. The van der Waals surface area contributed by atoms with Crippen LogP contribution < -0.4 is 15.0 Å². The number of amides is 2. The minimum Gasteiger partial charge on any atom is -0.490 e. The normalized spacial score (nSPS) is 16.7. The van der Waals surface area contributed by atoms with Gasteiger partial charge in [0.15, 0.2) is 0 Å². The predicted molar refractivity (Wildman–Crippen MR) is 122 cm³/mol. The number of hydrogen-bond donors (Lipinski definition) is 1. The lowest BCUT2D eigenvalue weighted by atomic mass is 10.1. The zero-order chi connectivity index (χ0) is 21.4. The van der Waals surface area contributed by atoms with Crippen LogP contribution in [0.1, 0.15) is 23.2 Å². The number of nitrogens with one attached hydrogen (secondary N) is 1. The van der Waals surface area contributed by atoms with Crippen LogP contribution in [0.5, 0.6) is 5.75 Å². The number of carbonyl (C=O) groups is 2. The fourth-order valence-corrected chi connectivity index (χ4v) is 4.39. The summed E-state index contributed by atoms with van der Waals surface area (Å²) >= 11 is 0. The molecule has 0 atom stereocenters. The first kappa shape index (κ1) is 19.6. The minimum absolute atomic E-state index is 0.0273. The molecule has 0 aromatic heterocycles. The molecule has 3 aromatic carbocycles. The number of hydrogen-bond acceptors (Lipinski definition) is 4. The van der Waals surface area contributed by atoms with Crippen molar-refractivity contribution in [1.82, 2.24) is 4.90 Å². The predicted octanol–water partition coefficient (Wildman–Crippen LogP) is 3.91. The summed E-state index contributed by atoms with van der Waals surface area (Å²) in [4.78, 5) is 29.4. The third kappa shape index (κ3) is 3.86. The summed E-state index contributed by atoms with van der Waals surface area (Å²) in [5, 5.41) is 4.81. The van der Waals surface area contributed by atoms with E-state index in [4.69, 9.17) is 4.74 Å². The first-order valence-electron chi connectivity index (χ1n) is 10.7. The van der Waals surface area contributed by atoms with Gasteiger partial charge >= 0.3 is 0 Å². The van der Waals surface area contributed by atoms with Gasteiger partial charge in [-0.25, -0.2) is 0 Å². The summed E-state index contributed by atoms with van der Waals surface area (Å²) in [6.07, 6.45) is 2.28. The average molecular weight is 415 g/mol. The number of likely N-dealkylation sites (tertiary alicyclic amines) is 1. The van der Waals surface area contributed by atoms with Crippen molar-refractivity contribution >= 4 is 34.0 Å². The molecule has 158 valence electrons. The van der Waals surface area contributed by atoms with Gasteiger partial charge in [0, 0.05) is 29.7 Å². The van der Waals surface area contributed by atoms with Crippen molar-refractivity contribution in [2.24, 2.45) is 0 Å². The molecule has 0 radical (unpaired) electrons. The Morgan fingerprint density at radius 3 is 2.48 bits per heavy atom. The lowest BCUT2D eigenvalue weighted by Crippen LogP contribution is -2.35. The summed E-state index contributed by atoms with van der Waals surface area (Å²) in [6.45, 7) is 2.07. The van der Waals surface area contributed by atoms with E-state index < -0.39 is 0 Å². The van der Waals surface area contributed by atoms with E-state index in [-0.39, 0.29) is 24.5 Å². The molecule has 2 aliphatic heterocycles. The molecule has 0 spiro atoms. The summed E-state index contributed by atoms with van der Waals surface area (Å²) in [5.41, 5.74) is 2.12. The van der Waals surface area contributed by atoms with E-state index >= 15 is 0 Å². The van der Waals surface area contributed by atoms with E-state index in [2.05, 4.69) is 17.3 Å². The standard InChI is InChI=1S/C25H25N3O3/c1-27-14-12-20(13-15-27)31-19-10-8-18(9-11-19)26-23(29)16-28-22-7-3-5-17-4-2-6-21(24(17)22)25(28)30/h2-11,20H,12-16H2,1H3,(H,26,29). The highest BCUT2D eigenvalue weighted by molar-refractivity contribution is 6.26. The third-order valence-corrected chi connectivity index (χ3v) is 6.06. The Hall–Kier alpha value is -3.38. The van der Waals surface area contributed by atoms with Gasteiger partial charge in [-0.3, -0.25) is 14.5 Å². The molecule has 1 fully saturated rings. The van der Waals surface area contributed by atoms with Gasteiger partial charge in [-0.15, -0.1) is 0 Å². The Bertz CT molecular complexity index is 1130. The van der Waals surface area contributed by atoms with Crippen LogP contribution in [-0.2, 0) is 4.79 Å².